The minimum absolute atomic E-state index is 0.128. The summed E-state index contributed by atoms with van der Waals surface area (Å²) in [6.07, 6.45) is 2.22. The van der Waals surface area contributed by atoms with Crippen molar-refractivity contribution in [2.24, 2.45) is 0 Å². The maximum absolute atomic E-state index is 13.1. The number of fused-ring (bicyclic) bond motifs is 3. The van der Waals surface area contributed by atoms with Crippen LogP contribution in [0.2, 0.25) is 5.02 Å². The van der Waals surface area contributed by atoms with Crippen LogP contribution in [0, 0.1) is 6.92 Å². The molecule has 142 valence electrons. The lowest BCUT2D eigenvalue weighted by atomic mass is 10.2. The number of anilines is 1. The van der Waals surface area contributed by atoms with Gasteiger partial charge in [0.25, 0.3) is 5.56 Å². The van der Waals surface area contributed by atoms with Gasteiger partial charge in [0.05, 0.1) is 16.2 Å². The smallest absolute Gasteiger partial charge is 0.272 e. The minimum Gasteiger partial charge on any atom is -0.323 e. The van der Waals surface area contributed by atoms with Gasteiger partial charge < -0.3 is 5.32 Å². The van der Waals surface area contributed by atoms with Crippen LogP contribution in [0.1, 0.15) is 18.3 Å². The van der Waals surface area contributed by atoms with E-state index in [1.165, 1.54) is 15.9 Å². The van der Waals surface area contributed by atoms with Gasteiger partial charge in [-0.3, -0.25) is 14.2 Å². The first kappa shape index (κ1) is 18.6. The second kappa shape index (κ2) is 7.33. The molecule has 3 heterocycles. The average molecular weight is 413 g/mol. The number of benzene rings is 1. The molecule has 0 aliphatic rings. The van der Waals surface area contributed by atoms with E-state index >= 15 is 0 Å². The zero-order chi connectivity index (χ0) is 19.8. The summed E-state index contributed by atoms with van der Waals surface area (Å²) in [7, 11) is 0. The number of aryl methyl sites for hydroxylation is 2. The molecule has 1 N–H and O–H groups in total. The van der Waals surface area contributed by atoms with Crippen LogP contribution in [0.25, 0.3) is 20.4 Å². The quantitative estimate of drug-likeness (QED) is 0.545. The van der Waals surface area contributed by atoms with Gasteiger partial charge in [-0.05, 0) is 36.8 Å². The highest BCUT2D eigenvalue weighted by Crippen LogP contribution is 2.29. The zero-order valence-corrected chi connectivity index (χ0v) is 16.9. The Kier molecular flexibility index (Phi) is 4.87. The third kappa shape index (κ3) is 3.27. The molecule has 0 fully saturated rings. The number of aromatic nitrogens is 3. The van der Waals surface area contributed by atoms with Crippen molar-refractivity contribution >= 4 is 55.0 Å². The first-order valence-electron chi connectivity index (χ1n) is 8.81. The molecule has 0 radical (unpaired) electrons. The van der Waals surface area contributed by atoms with Gasteiger partial charge in [0, 0.05) is 18.0 Å². The van der Waals surface area contributed by atoms with Crippen LogP contribution in [0.3, 0.4) is 0 Å². The number of pyridine rings is 1. The molecule has 8 heteroatoms. The lowest BCUT2D eigenvalue weighted by Gasteiger charge is -2.12. The summed E-state index contributed by atoms with van der Waals surface area (Å²) >= 11 is 7.49. The largest absolute Gasteiger partial charge is 0.323 e. The van der Waals surface area contributed by atoms with Gasteiger partial charge in [-0.25, -0.2) is 9.97 Å². The van der Waals surface area contributed by atoms with E-state index in [4.69, 9.17) is 11.6 Å². The first-order chi connectivity index (χ1) is 13.5. The summed E-state index contributed by atoms with van der Waals surface area (Å²) in [6.45, 7) is 3.70. The maximum Gasteiger partial charge on any atom is 0.272 e. The van der Waals surface area contributed by atoms with Crippen molar-refractivity contribution in [1.82, 2.24) is 14.5 Å². The highest BCUT2D eigenvalue weighted by molar-refractivity contribution is 7.25. The topological polar surface area (TPSA) is 76.9 Å². The van der Waals surface area contributed by atoms with Crippen LogP contribution in [0.15, 0.2) is 41.3 Å². The number of hydrogen-bond donors (Lipinski definition) is 1. The summed E-state index contributed by atoms with van der Waals surface area (Å²) < 4.78 is 1.93. The Morgan fingerprint density at radius 2 is 2.14 bits per heavy atom. The molecule has 6 nitrogen and oxygen atoms in total. The van der Waals surface area contributed by atoms with Crippen LogP contribution in [0.4, 0.5) is 5.69 Å². The number of nitrogens with one attached hydrogen (secondary N) is 1. The molecule has 1 amide bonds. The van der Waals surface area contributed by atoms with Gasteiger partial charge in [-0.15, -0.1) is 11.3 Å². The first-order valence-corrected chi connectivity index (χ1v) is 10.00. The zero-order valence-electron chi connectivity index (χ0n) is 15.3. The maximum atomic E-state index is 13.1. The number of rotatable bonds is 4. The normalized spacial score (nSPS) is 11.2. The molecule has 0 saturated carbocycles. The average Bonchev–Trinajstić information content (AvgIpc) is 3.05. The number of carbonyl (C=O) groups excluding carboxylic acids is 1. The predicted molar refractivity (Wildman–Crippen MR) is 113 cm³/mol. The molecule has 0 aliphatic heterocycles. The molecule has 0 bridgehead atoms. The van der Waals surface area contributed by atoms with E-state index in [9.17, 15) is 9.59 Å². The monoisotopic (exact) mass is 412 g/mol. The number of nitrogens with zero attached hydrogens (tertiary/aromatic N) is 3. The molecule has 4 rings (SSSR count). The molecular formula is C20H17ClN4O2S. The summed E-state index contributed by atoms with van der Waals surface area (Å²) in [6, 6.07) is 9.12. The standard InChI is InChI=1S/C20H17ClN4O2S/c1-3-15-24-17-12-5-4-8-22-19(12)28-18(17)20(27)25(15)10-16(26)23-14-7-6-11(2)9-13(14)21/h4-9H,3,10H2,1-2H3,(H,23,26). The number of hydrogen-bond acceptors (Lipinski definition) is 5. The van der Waals surface area contributed by atoms with Crippen molar-refractivity contribution in [2.45, 2.75) is 26.8 Å². The lowest BCUT2D eigenvalue weighted by Crippen LogP contribution is -2.30. The Bertz CT molecular complexity index is 1280. The van der Waals surface area contributed by atoms with Crippen LogP contribution in [-0.4, -0.2) is 20.4 Å². The van der Waals surface area contributed by atoms with Crippen LogP contribution in [0.5, 0.6) is 0 Å². The van der Waals surface area contributed by atoms with E-state index in [2.05, 4.69) is 15.3 Å². The van der Waals surface area contributed by atoms with Crippen molar-refractivity contribution in [3.05, 3.63) is 63.3 Å². The molecule has 4 aromatic rings. The Morgan fingerprint density at radius 1 is 1.32 bits per heavy atom. The van der Waals surface area contributed by atoms with Crippen LogP contribution >= 0.6 is 22.9 Å². The van der Waals surface area contributed by atoms with Crippen molar-refractivity contribution in [3.8, 4) is 0 Å². The van der Waals surface area contributed by atoms with E-state index in [1.54, 1.807) is 18.3 Å². The second-order valence-corrected chi connectivity index (χ2v) is 7.85. The fourth-order valence-electron chi connectivity index (χ4n) is 3.09. The Balaban J connectivity index is 1.73. The molecule has 1 aromatic carbocycles. The van der Waals surface area contributed by atoms with Crippen molar-refractivity contribution in [2.75, 3.05) is 5.32 Å². The van der Waals surface area contributed by atoms with Gasteiger partial charge >= 0.3 is 0 Å². The van der Waals surface area contributed by atoms with E-state index in [-0.39, 0.29) is 18.0 Å². The highest BCUT2D eigenvalue weighted by atomic mass is 35.5. The minimum atomic E-state index is -0.331. The molecule has 0 unspecified atom stereocenters. The summed E-state index contributed by atoms with van der Waals surface area (Å²) in [5.41, 5.74) is 1.94. The fraction of sp³-hybridized carbons (Fsp3) is 0.200. The number of halogens is 1. The summed E-state index contributed by atoms with van der Waals surface area (Å²) in [5.74, 6) is 0.231. The molecule has 0 saturated heterocycles. The highest BCUT2D eigenvalue weighted by Gasteiger charge is 2.17. The predicted octanol–water partition coefficient (Wildman–Crippen LogP) is 4.17. The number of thiophene rings is 1. The molecule has 0 atom stereocenters. The van der Waals surface area contributed by atoms with Gasteiger partial charge in [-0.1, -0.05) is 24.6 Å². The van der Waals surface area contributed by atoms with E-state index in [0.717, 1.165) is 15.8 Å². The Hall–Kier alpha value is -2.77. The SMILES string of the molecule is CCc1nc2c(sc3ncccc32)c(=O)n1CC(=O)Nc1ccc(C)cc1Cl. The summed E-state index contributed by atoms with van der Waals surface area (Å²) in [4.78, 5) is 35.4. The molecular weight excluding hydrogens is 396 g/mol. The molecule has 28 heavy (non-hydrogen) atoms. The lowest BCUT2D eigenvalue weighted by molar-refractivity contribution is -0.116. The fourth-order valence-corrected chi connectivity index (χ4v) is 4.41. The number of carbonyl (C=O) groups is 1. The summed E-state index contributed by atoms with van der Waals surface area (Å²) in [5, 5.41) is 4.09. The van der Waals surface area contributed by atoms with Crippen LogP contribution < -0.4 is 10.9 Å². The molecule has 0 aliphatic carbocycles. The van der Waals surface area contributed by atoms with Gasteiger partial charge in [0.2, 0.25) is 5.91 Å². The van der Waals surface area contributed by atoms with E-state index < -0.39 is 0 Å². The molecule has 3 aromatic heterocycles. The molecule has 0 spiro atoms. The second-order valence-electron chi connectivity index (χ2n) is 6.44. The van der Waals surface area contributed by atoms with Gasteiger partial charge in [0.1, 0.15) is 21.9 Å². The van der Waals surface area contributed by atoms with Crippen molar-refractivity contribution in [3.63, 3.8) is 0 Å². The Labute approximate surface area is 169 Å². The third-order valence-corrected chi connectivity index (χ3v) is 5.85. The van der Waals surface area contributed by atoms with Crippen LogP contribution in [-0.2, 0) is 17.8 Å². The van der Waals surface area contributed by atoms with Crippen molar-refractivity contribution < 1.29 is 4.79 Å². The van der Waals surface area contributed by atoms with Gasteiger partial charge in [0.15, 0.2) is 0 Å². The third-order valence-electron chi connectivity index (χ3n) is 4.45. The number of amides is 1. The Morgan fingerprint density at radius 3 is 2.89 bits per heavy atom. The van der Waals surface area contributed by atoms with Crippen molar-refractivity contribution in [1.29, 1.82) is 0 Å². The van der Waals surface area contributed by atoms with E-state index in [0.29, 0.717) is 33.2 Å². The van der Waals surface area contributed by atoms with Gasteiger partial charge in [-0.2, -0.15) is 0 Å². The van der Waals surface area contributed by atoms with E-state index in [1.807, 2.05) is 32.0 Å².